The first kappa shape index (κ1) is 26.4. The maximum Gasteiger partial charge on any atom is 0.280 e. The number of rotatable bonds is 4. The van der Waals surface area contributed by atoms with Crippen molar-refractivity contribution in [2.75, 3.05) is 34.8 Å². The van der Waals surface area contributed by atoms with Gasteiger partial charge in [0, 0.05) is 37.1 Å². The largest absolute Gasteiger partial charge is 0.379 e. The molecule has 0 radical (unpaired) electrons. The van der Waals surface area contributed by atoms with Crippen molar-refractivity contribution < 1.29 is 14.2 Å². The fourth-order valence-electron chi connectivity index (χ4n) is 5.05. The van der Waals surface area contributed by atoms with E-state index in [9.17, 15) is 9.59 Å². The molecular weight excluding hydrogens is 548 g/mol. The number of carbonyl (C=O) groups excluding carboxylic acids is 2. The highest BCUT2D eigenvalue weighted by Gasteiger charge is 2.28. The third kappa shape index (κ3) is 6.04. The number of carbonyl (C=O) groups is 2. The minimum absolute atomic E-state index is 0.0215. The van der Waals surface area contributed by atoms with Gasteiger partial charge in [-0.1, -0.05) is 11.6 Å². The molecule has 1 saturated heterocycles. The van der Waals surface area contributed by atoms with Crippen LogP contribution in [-0.4, -0.2) is 55.1 Å². The molecule has 2 aliphatic heterocycles. The molecule has 1 aromatic carbocycles. The van der Waals surface area contributed by atoms with Crippen LogP contribution in [0.4, 0.5) is 34.6 Å². The zero-order valence-electron chi connectivity index (χ0n) is 21.9. The van der Waals surface area contributed by atoms with Gasteiger partial charge in [0.1, 0.15) is 5.02 Å². The molecule has 0 saturated carbocycles. The number of hydrogen-bond acceptors (Lipinski definition) is 11. The average molecular weight is 575 g/mol. The Balaban J connectivity index is 1.14. The highest BCUT2D eigenvalue weighted by molar-refractivity contribution is 6.32. The van der Waals surface area contributed by atoms with Gasteiger partial charge < -0.3 is 26.6 Å². The highest BCUT2D eigenvalue weighted by atomic mass is 35.5. The van der Waals surface area contributed by atoms with Gasteiger partial charge in [-0.05, 0) is 77.3 Å². The number of hydrogen-bond donors (Lipinski definition) is 4. The summed E-state index contributed by atoms with van der Waals surface area (Å²) >= 11 is 6.36. The minimum Gasteiger partial charge on any atom is -0.379 e. The van der Waals surface area contributed by atoms with Crippen LogP contribution in [-0.2, 0) is 17.6 Å². The van der Waals surface area contributed by atoms with Crippen LogP contribution in [0.2, 0.25) is 5.02 Å². The molecule has 0 unspecified atom stereocenters. The number of anilines is 6. The zero-order chi connectivity index (χ0) is 28.3. The Morgan fingerprint density at radius 2 is 1.93 bits per heavy atom. The van der Waals surface area contributed by atoms with Gasteiger partial charge in [0.2, 0.25) is 23.4 Å². The Morgan fingerprint density at radius 1 is 1.07 bits per heavy atom. The summed E-state index contributed by atoms with van der Waals surface area (Å²) in [6, 6.07) is 7.75. The second-order valence-corrected chi connectivity index (χ2v) is 10.5. The van der Waals surface area contributed by atoms with Crippen molar-refractivity contribution >= 4 is 58.1 Å². The van der Waals surface area contributed by atoms with Crippen LogP contribution in [0.25, 0.3) is 0 Å². The minimum atomic E-state index is -0.309. The van der Waals surface area contributed by atoms with Gasteiger partial charge in [-0.2, -0.15) is 4.98 Å². The molecule has 13 nitrogen and oxygen atoms in total. The standard InChI is InChI=1S/C27H27ClN10O3/c28-20-14-31-27-33-19-9-16(12-30-13-19)1-2-17-11-18(32-25(20)35-27)3-4-21(17)34-22(39)10-15-5-7-38(8-6-15)26(40)23-24(29)37-41-36-23/h3-4,9,11-15H,1-2,5-8,10H2,(H2,29,37)(H,34,39)(H2,31,32,33,35). The molecule has 0 aliphatic carbocycles. The number of nitrogen functional groups attached to an aromatic ring is 1. The number of nitrogens with two attached hydrogens (primary N) is 1. The first-order valence-electron chi connectivity index (χ1n) is 13.2. The van der Waals surface area contributed by atoms with Crippen molar-refractivity contribution in [3.63, 3.8) is 0 Å². The van der Waals surface area contributed by atoms with E-state index in [2.05, 4.69) is 45.8 Å². The normalized spacial score (nSPS) is 15.0. The second-order valence-electron chi connectivity index (χ2n) is 10.1. The predicted octanol–water partition coefficient (Wildman–Crippen LogP) is 3.96. The molecule has 2 amide bonds. The van der Waals surface area contributed by atoms with E-state index < -0.39 is 0 Å². The molecule has 210 valence electrons. The summed E-state index contributed by atoms with van der Waals surface area (Å²) in [7, 11) is 0. The van der Waals surface area contributed by atoms with E-state index in [1.54, 1.807) is 11.1 Å². The smallest absolute Gasteiger partial charge is 0.280 e. The lowest BCUT2D eigenvalue weighted by Crippen LogP contribution is -2.39. The number of pyridine rings is 1. The number of aromatic nitrogens is 5. The van der Waals surface area contributed by atoms with Crippen LogP contribution < -0.4 is 21.7 Å². The molecule has 6 rings (SSSR count). The maximum atomic E-state index is 13.1. The number of amides is 2. The third-order valence-corrected chi connectivity index (χ3v) is 7.49. The maximum absolute atomic E-state index is 13.1. The van der Waals surface area contributed by atoms with Crippen molar-refractivity contribution in [2.45, 2.75) is 32.1 Å². The van der Waals surface area contributed by atoms with E-state index >= 15 is 0 Å². The SMILES string of the molecule is Nc1nonc1C(=O)N1CCC(CC(=O)Nc2ccc3cc2CCc2cncc(c2)Nc2ncc(Cl)c(n2)N3)CC1. The van der Waals surface area contributed by atoms with Crippen molar-refractivity contribution in [1.82, 2.24) is 30.2 Å². The molecule has 0 spiro atoms. The van der Waals surface area contributed by atoms with Crippen molar-refractivity contribution in [2.24, 2.45) is 5.92 Å². The van der Waals surface area contributed by atoms with Crippen LogP contribution >= 0.6 is 11.6 Å². The highest BCUT2D eigenvalue weighted by Crippen LogP contribution is 2.30. The summed E-state index contributed by atoms with van der Waals surface area (Å²) in [5.74, 6) is 0.601. The lowest BCUT2D eigenvalue weighted by molar-refractivity contribution is -0.117. The fourth-order valence-corrected chi connectivity index (χ4v) is 5.19. The van der Waals surface area contributed by atoms with Gasteiger partial charge in [-0.25, -0.2) is 9.61 Å². The first-order chi connectivity index (χ1) is 19.9. The Morgan fingerprint density at radius 3 is 2.73 bits per heavy atom. The number of piperidine rings is 1. The Kier molecular flexibility index (Phi) is 7.33. The number of likely N-dealkylation sites (tertiary alicyclic amines) is 1. The molecule has 14 heteroatoms. The number of halogens is 1. The van der Waals surface area contributed by atoms with Crippen LogP contribution in [0.15, 0.2) is 47.5 Å². The van der Waals surface area contributed by atoms with Crippen LogP contribution in [0.1, 0.15) is 40.9 Å². The van der Waals surface area contributed by atoms with E-state index in [-0.39, 0.29) is 29.2 Å². The lowest BCUT2D eigenvalue weighted by Gasteiger charge is -2.31. The molecule has 5 heterocycles. The molecule has 41 heavy (non-hydrogen) atoms. The van der Waals surface area contributed by atoms with Crippen LogP contribution in [0.5, 0.6) is 0 Å². The fraction of sp³-hybridized carbons (Fsp3) is 0.296. The Bertz CT molecular complexity index is 1600. The van der Waals surface area contributed by atoms with E-state index in [1.807, 2.05) is 30.5 Å². The molecule has 3 aromatic heterocycles. The molecule has 1 fully saturated rings. The van der Waals surface area contributed by atoms with Gasteiger partial charge in [0.25, 0.3) is 5.91 Å². The third-order valence-electron chi connectivity index (χ3n) is 7.21. The monoisotopic (exact) mass is 574 g/mol. The van der Waals surface area contributed by atoms with E-state index in [1.165, 1.54) is 6.20 Å². The van der Waals surface area contributed by atoms with Gasteiger partial charge in [-0.3, -0.25) is 14.6 Å². The summed E-state index contributed by atoms with van der Waals surface area (Å²) in [5, 5.41) is 17.0. The van der Waals surface area contributed by atoms with Gasteiger partial charge in [-0.15, -0.1) is 0 Å². The van der Waals surface area contributed by atoms with E-state index in [4.69, 9.17) is 17.3 Å². The molecule has 4 aromatic rings. The molecule has 2 aliphatic rings. The predicted molar refractivity (Wildman–Crippen MR) is 152 cm³/mol. The quantitative estimate of drug-likeness (QED) is 0.277. The topological polar surface area (TPSA) is 177 Å². The average Bonchev–Trinajstić information content (AvgIpc) is 3.40. The molecule has 6 bridgehead atoms. The van der Waals surface area contributed by atoms with E-state index in [0.717, 1.165) is 28.2 Å². The van der Waals surface area contributed by atoms with Crippen LogP contribution in [0, 0.1) is 5.92 Å². The molecule has 0 atom stereocenters. The zero-order valence-corrected chi connectivity index (χ0v) is 22.7. The van der Waals surface area contributed by atoms with Crippen molar-refractivity contribution in [3.05, 3.63) is 64.7 Å². The van der Waals surface area contributed by atoms with Crippen molar-refractivity contribution in [1.29, 1.82) is 0 Å². The number of nitrogens with one attached hydrogen (secondary N) is 3. The lowest BCUT2D eigenvalue weighted by atomic mass is 9.93. The summed E-state index contributed by atoms with van der Waals surface area (Å²) < 4.78 is 4.54. The Labute approximate surface area is 239 Å². The summed E-state index contributed by atoms with van der Waals surface area (Å²) in [5.41, 5.74) is 9.97. The summed E-state index contributed by atoms with van der Waals surface area (Å²) in [6.45, 7) is 1.01. The molecule has 5 N–H and O–H groups in total. The van der Waals surface area contributed by atoms with E-state index in [0.29, 0.717) is 62.0 Å². The number of fused-ring (bicyclic) bond motifs is 6. The second kappa shape index (κ2) is 11.4. The number of benzene rings is 1. The molecular formula is C27H27ClN10O3. The van der Waals surface area contributed by atoms with Crippen molar-refractivity contribution in [3.8, 4) is 0 Å². The Hall–Kier alpha value is -4.78. The summed E-state index contributed by atoms with van der Waals surface area (Å²) in [6.07, 6.45) is 8.20. The van der Waals surface area contributed by atoms with Gasteiger partial charge in [0.05, 0.1) is 18.1 Å². The van der Waals surface area contributed by atoms with Gasteiger partial charge >= 0.3 is 0 Å². The number of nitrogens with zero attached hydrogens (tertiary/aromatic N) is 6. The van der Waals surface area contributed by atoms with Gasteiger partial charge in [0.15, 0.2) is 5.82 Å². The first-order valence-corrected chi connectivity index (χ1v) is 13.6. The number of aryl methyl sites for hydroxylation is 2. The summed E-state index contributed by atoms with van der Waals surface area (Å²) in [4.78, 5) is 40.5. The van der Waals surface area contributed by atoms with Crippen LogP contribution in [0.3, 0.4) is 0 Å².